The zero-order valence-corrected chi connectivity index (χ0v) is 20.9. The van der Waals surface area contributed by atoms with E-state index in [0.717, 1.165) is 55.7 Å². The normalized spacial score (nSPS) is 20.8. The summed E-state index contributed by atoms with van der Waals surface area (Å²) in [4.78, 5) is 31.5. The summed E-state index contributed by atoms with van der Waals surface area (Å²) in [5, 5.41) is 6.21. The minimum absolute atomic E-state index is 0.00435. The smallest absolute Gasteiger partial charge is 0.275 e. The van der Waals surface area contributed by atoms with E-state index in [9.17, 15) is 9.59 Å². The molecule has 2 aromatic carbocycles. The van der Waals surface area contributed by atoms with Crippen LogP contribution in [-0.2, 0) is 17.8 Å². The maximum Gasteiger partial charge on any atom is 0.275 e. The Morgan fingerprint density at radius 2 is 1.74 bits per heavy atom. The molecule has 0 aliphatic carbocycles. The van der Waals surface area contributed by atoms with Gasteiger partial charge in [0.25, 0.3) is 5.56 Å². The van der Waals surface area contributed by atoms with E-state index in [4.69, 9.17) is 5.10 Å². The SMILES string of the molecule is CC(C)CN1CC[C@H]2[C@H](CCCN2C(=O)Cn2nc(Cc3ccccc3)c3ccccc3c2=O)C1. The number of aromatic nitrogens is 2. The lowest BCUT2D eigenvalue weighted by Gasteiger charge is -2.47. The predicted molar refractivity (Wildman–Crippen MR) is 139 cm³/mol. The number of piperidine rings is 2. The van der Waals surface area contributed by atoms with Gasteiger partial charge in [0, 0.05) is 44.0 Å². The fourth-order valence-corrected chi connectivity index (χ4v) is 6.02. The molecule has 1 aromatic heterocycles. The lowest BCUT2D eigenvalue weighted by Crippen LogP contribution is -2.56. The van der Waals surface area contributed by atoms with Crippen LogP contribution in [0.5, 0.6) is 0 Å². The summed E-state index contributed by atoms with van der Waals surface area (Å²) in [6.07, 6.45) is 3.85. The Bertz CT molecular complexity index is 1240. The first-order valence-corrected chi connectivity index (χ1v) is 13.0. The molecule has 35 heavy (non-hydrogen) atoms. The van der Waals surface area contributed by atoms with E-state index < -0.39 is 0 Å². The van der Waals surface area contributed by atoms with Gasteiger partial charge in [-0.3, -0.25) is 9.59 Å². The fourth-order valence-electron chi connectivity index (χ4n) is 6.02. The molecule has 6 heteroatoms. The summed E-state index contributed by atoms with van der Waals surface area (Å²) >= 11 is 0. The van der Waals surface area contributed by atoms with Crippen LogP contribution in [0.25, 0.3) is 10.8 Å². The first kappa shape index (κ1) is 23.7. The topological polar surface area (TPSA) is 58.4 Å². The van der Waals surface area contributed by atoms with Gasteiger partial charge in [-0.25, -0.2) is 4.68 Å². The molecule has 2 saturated heterocycles. The molecule has 0 bridgehead atoms. The number of hydrogen-bond acceptors (Lipinski definition) is 4. The molecule has 184 valence electrons. The second-order valence-corrected chi connectivity index (χ2v) is 10.6. The van der Waals surface area contributed by atoms with Crippen molar-refractivity contribution in [3.8, 4) is 0 Å². The number of carbonyl (C=O) groups excluding carboxylic acids is 1. The first-order valence-electron chi connectivity index (χ1n) is 13.0. The highest BCUT2D eigenvalue weighted by Gasteiger charge is 2.38. The van der Waals surface area contributed by atoms with Crippen LogP contribution in [0, 0.1) is 11.8 Å². The van der Waals surface area contributed by atoms with Crippen molar-refractivity contribution in [2.24, 2.45) is 11.8 Å². The van der Waals surface area contributed by atoms with E-state index in [1.54, 1.807) is 0 Å². The Morgan fingerprint density at radius 1 is 1.00 bits per heavy atom. The Kier molecular flexibility index (Phi) is 7.00. The van der Waals surface area contributed by atoms with Crippen molar-refractivity contribution in [2.45, 2.75) is 52.1 Å². The van der Waals surface area contributed by atoms with Crippen LogP contribution >= 0.6 is 0 Å². The van der Waals surface area contributed by atoms with Gasteiger partial charge in [-0.05, 0) is 42.7 Å². The van der Waals surface area contributed by atoms with Crippen molar-refractivity contribution in [1.82, 2.24) is 19.6 Å². The molecule has 0 N–H and O–H groups in total. The summed E-state index contributed by atoms with van der Waals surface area (Å²) < 4.78 is 1.40. The predicted octanol–water partition coefficient (Wildman–Crippen LogP) is 3.96. The van der Waals surface area contributed by atoms with E-state index in [2.05, 4.69) is 35.8 Å². The van der Waals surface area contributed by atoms with Crippen molar-refractivity contribution in [1.29, 1.82) is 0 Å². The minimum atomic E-state index is -0.189. The van der Waals surface area contributed by atoms with E-state index in [1.165, 1.54) is 11.1 Å². The van der Waals surface area contributed by atoms with Gasteiger partial charge in [-0.2, -0.15) is 5.10 Å². The van der Waals surface area contributed by atoms with Crippen LogP contribution in [0.15, 0.2) is 59.4 Å². The van der Waals surface area contributed by atoms with Crippen LogP contribution in [0.4, 0.5) is 0 Å². The van der Waals surface area contributed by atoms with Crippen LogP contribution < -0.4 is 5.56 Å². The zero-order valence-electron chi connectivity index (χ0n) is 20.9. The fraction of sp³-hybridized carbons (Fsp3) is 0.483. The molecule has 3 heterocycles. The molecule has 0 radical (unpaired) electrons. The summed E-state index contributed by atoms with van der Waals surface area (Å²) in [5.41, 5.74) is 1.78. The molecular formula is C29H36N4O2. The highest BCUT2D eigenvalue weighted by atomic mass is 16.2. The lowest BCUT2D eigenvalue weighted by atomic mass is 9.83. The van der Waals surface area contributed by atoms with Crippen molar-refractivity contribution in [3.05, 3.63) is 76.2 Å². The Hall–Kier alpha value is -2.99. The Labute approximate surface area is 207 Å². The maximum absolute atomic E-state index is 13.6. The average Bonchev–Trinajstić information content (AvgIpc) is 2.86. The molecule has 0 unspecified atom stereocenters. The third-order valence-electron chi connectivity index (χ3n) is 7.54. The molecule has 2 aliphatic rings. The first-order chi connectivity index (χ1) is 17.0. The monoisotopic (exact) mass is 472 g/mol. The molecule has 3 aromatic rings. The van der Waals surface area contributed by atoms with Gasteiger partial charge >= 0.3 is 0 Å². The number of nitrogens with zero attached hydrogens (tertiary/aromatic N) is 4. The standard InChI is InChI=1S/C29H36N4O2/c1-21(2)18-31-16-14-27-23(19-31)11-8-15-32(27)28(34)20-33-29(35)25-13-7-6-12-24(25)26(30-33)17-22-9-4-3-5-10-22/h3-7,9-10,12-13,21,23,27H,8,11,14-20H2,1-2H3/t23-,27+/m1/s1. The number of amides is 1. The Balaban J connectivity index is 1.39. The Morgan fingerprint density at radius 3 is 2.51 bits per heavy atom. The van der Waals surface area contributed by atoms with Gasteiger partial charge < -0.3 is 9.80 Å². The van der Waals surface area contributed by atoms with Crippen molar-refractivity contribution in [2.75, 3.05) is 26.2 Å². The molecule has 0 saturated carbocycles. The second kappa shape index (κ2) is 10.3. The number of fused-ring (bicyclic) bond motifs is 2. The molecule has 2 atom stereocenters. The summed E-state index contributed by atoms with van der Waals surface area (Å²) in [6, 6.07) is 18.0. The lowest BCUT2D eigenvalue weighted by molar-refractivity contribution is -0.139. The number of hydrogen-bond donors (Lipinski definition) is 0. The van der Waals surface area contributed by atoms with Crippen LogP contribution in [0.1, 0.15) is 44.4 Å². The van der Waals surface area contributed by atoms with Gasteiger partial charge in [0.15, 0.2) is 0 Å². The van der Waals surface area contributed by atoms with Gasteiger partial charge in [0.1, 0.15) is 6.54 Å². The maximum atomic E-state index is 13.6. The number of benzene rings is 2. The highest BCUT2D eigenvalue weighted by molar-refractivity contribution is 5.84. The highest BCUT2D eigenvalue weighted by Crippen LogP contribution is 2.31. The molecule has 6 nitrogen and oxygen atoms in total. The van der Waals surface area contributed by atoms with Crippen LogP contribution in [-0.4, -0.2) is 57.7 Å². The van der Waals surface area contributed by atoms with Gasteiger partial charge in [0.05, 0.1) is 11.1 Å². The van der Waals surface area contributed by atoms with E-state index in [0.29, 0.717) is 23.6 Å². The molecule has 1 amide bonds. The van der Waals surface area contributed by atoms with E-state index >= 15 is 0 Å². The van der Waals surface area contributed by atoms with Crippen LogP contribution in [0.2, 0.25) is 0 Å². The summed E-state index contributed by atoms with van der Waals surface area (Å²) in [6.45, 7) is 8.55. The summed E-state index contributed by atoms with van der Waals surface area (Å²) in [5.74, 6) is 1.20. The third-order valence-corrected chi connectivity index (χ3v) is 7.54. The number of likely N-dealkylation sites (tertiary alicyclic amines) is 2. The second-order valence-electron chi connectivity index (χ2n) is 10.6. The summed E-state index contributed by atoms with van der Waals surface area (Å²) in [7, 11) is 0. The number of carbonyl (C=O) groups is 1. The van der Waals surface area contributed by atoms with Gasteiger partial charge in [-0.15, -0.1) is 0 Å². The third kappa shape index (κ3) is 5.18. The van der Waals surface area contributed by atoms with Crippen LogP contribution in [0.3, 0.4) is 0 Å². The molecular weight excluding hydrogens is 436 g/mol. The average molecular weight is 473 g/mol. The number of rotatable bonds is 6. The quantitative estimate of drug-likeness (QED) is 0.545. The zero-order chi connectivity index (χ0) is 24.4. The minimum Gasteiger partial charge on any atom is -0.338 e. The largest absolute Gasteiger partial charge is 0.338 e. The van der Waals surface area contributed by atoms with Crippen molar-refractivity contribution in [3.63, 3.8) is 0 Å². The van der Waals surface area contributed by atoms with Gasteiger partial charge in [-0.1, -0.05) is 62.4 Å². The molecule has 2 aliphatic heterocycles. The molecule has 2 fully saturated rings. The molecule has 5 rings (SSSR count). The van der Waals surface area contributed by atoms with E-state index in [-0.39, 0.29) is 24.1 Å². The van der Waals surface area contributed by atoms with E-state index in [1.807, 2.05) is 42.5 Å². The van der Waals surface area contributed by atoms with Gasteiger partial charge in [0.2, 0.25) is 5.91 Å². The van der Waals surface area contributed by atoms with Crippen molar-refractivity contribution >= 4 is 16.7 Å². The van der Waals surface area contributed by atoms with Crippen molar-refractivity contribution < 1.29 is 4.79 Å². The molecule has 0 spiro atoms.